The molecule has 0 saturated heterocycles. The summed E-state index contributed by atoms with van der Waals surface area (Å²) in [4.78, 5) is 17.3. The molecule has 3 aromatic rings. The first kappa shape index (κ1) is 22.0. The molecule has 3 rings (SSSR count). The molecule has 30 heavy (non-hydrogen) atoms. The van der Waals surface area contributed by atoms with Crippen molar-refractivity contribution in [1.29, 1.82) is 0 Å². The van der Waals surface area contributed by atoms with Gasteiger partial charge in [-0.2, -0.15) is 0 Å². The molecule has 0 bridgehead atoms. The Labute approximate surface area is 182 Å². The fourth-order valence-electron chi connectivity index (χ4n) is 3.19. The summed E-state index contributed by atoms with van der Waals surface area (Å²) < 4.78 is 12.0. The van der Waals surface area contributed by atoms with Gasteiger partial charge in [-0.1, -0.05) is 40.9 Å². The van der Waals surface area contributed by atoms with Gasteiger partial charge in [0.2, 0.25) is 5.78 Å². The van der Waals surface area contributed by atoms with Gasteiger partial charge in [0.25, 0.3) is 0 Å². The minimum Gasteiger partial charge on any atom is -0.405 e. The molecular formula is C23H23ClN2O3Si. The van der Waals surface area contributed by atoms with Crippen molar-refractivity contribution in [2.24, 2.45) is 0 Å². The van der Waals surface area contributed by atoms with Crippen molar-refractivity contribution in [3.05, 3.63) is 70.7 Å². The number of ketones is 1. The van der Waals surface area contributed by atoms with Gasteiger partial charge in [0, 0.05) is 23.5 Å². The third-order valence-corrected chi connectivity index (χ3v) is 5.59. The number of pyridine rings is 1. The maximum absolute atomic E-state index is 13.2. The Hall–Kier alpha value is -2.72. The SMILES string of the molecule is CC(C)(O[Si](C)(C)C)c1onc(-c2ccccc2Cl)c1C(=O)C#Cc1cccnc1. The van der Waals surface area contributed by atoms with Crippen LogP contribution in [0.1, 0.15) is 35.5 Å². The lowest BCUT2D eigenvalue weighted by atomic mass is 9.95. The van der Waals surface area contributed by atoms with Crippen LogP contribution in [-0.2, 0) is 10.0 Å². The summed E-state index contributed by atoms with van der Waals surface area (Å²) >= 11 is 6.38. The first-order chi connectivity index (χ1) is 14.1. The third-order valence-electron chi connectivity index (χ3n) is 4.14. The molecule has 0 radical (unpaired) electrons. The van der Waals surface area contributed by atoms with Crippen LogP contribution in [-0.4, -0.2) is 24.2 Å². The number of rotatable bonds is 5. The molecule has 0 aliphatic rings. The minimum absolute atomic E-state index is 0.266. The Morgan fingerprint density at radius 2 is 1.90 bits per heavy atom. The Balaban J connectivity index is 2.15. The van der Waals surface area contributed by atoms with Gasteiger partial charge in [-0.25, -0.2) is 0 Å². The fraction of sp³-hybridized carbons (Fsp3) is 0.261. The molecule has 0 fully saturated rings. The van der Waals surface area contributed by atoms with Gasteiger partial charge >= 0.3 is 0 Å². The summed E-state index contributed by atoms with van der Waals surface area (Å²) in [6.07, 6.45) is 3.25. The van der Waals surface area contributed by atoms with E-state index in [2.05, 4.69) is 41.6 Å². The Kier molecular flexibility index (Phi) is 6.27. The summed E-state index contributed by atoms with van der Waals surface area (Å²) in [7, 11) is -1.95. The summed E-state index contributed by atoms with van der Waals surface area (Å²) in [5.41, 5.74) is 0.999. The standard InChI is InChI=1S/C23H23ClN2O3Si/c1-23(2,29-30(3,4)5)22-20(19(27)13-12-16-9-8-14-25-15-16)21(26-28-22)17-10-6-7-11-18(17)24/h6-11,14-15H,1-5H3. The van der Waals surface area contributed by atoms with Gasteiger partial charge in [-0.05, 0) is 57.6 Å². The lowest BCUT2D eigenvalue weighted by molar-refractivity contribution is 0.0650. The molecule has 0 saturated carbocycles. The van der Waals surface area contributed by atoms with Crippen molar-refractivity contribution >= 4 is 25.7 Å². The van der Waals surface area contributed by atoms with Crippen LogP contribution < -0.4 is 0 Å². The quantitative estimate of drug-likeness (QED) is 0.290. The van der Waals surface area contributed by atoms with Crippen LogP contribution >= 0.6 is 11.6 Å². The number of nitrogens with zero attached hydrogens (tertiary/aromatic N) is 2. The molecule has 154 valence electrons. The van der Waals surface area contributed by atoms with Crippen LogP contribution in [0.3, 0.4) is 0 Å². The molecule has 0 spiro atoms. The summed E-state index contributed by atoms with van der Waals surface area (Å²) in [6.45, 7) is 9.96. The Morgan fingerprint density at radius 3 is 2.53 bits per heavy atom. The molecule has 1 aromatic carbocycles. The molecule has 2 heterocycles. The van der Waals surface area contributed by atoms with Gasteiger partial charge in [-0.3, -0.25) is 9.78 Å². The molecule has 0 atom stereocenters. The van der Waals surface area contributed by atoms with Crippen molar-refractivity contribution in [3.63, 3.8) is 0 Å². The van der Waals surface area contributed by atoms with E-state index in [9.17, 15) is 4.79 Å². The number of hydrogen-bond acceptors (Lipinski definition) is 5. The van der Waals surface area contributed by atoms with Crippen LogP contribution in [0.5, 0.6) is 0 Å². The molecule has 5 nitrogen and oxygen atoms in total. The Morgan fingerprint density at radius 1 is 1.17 bits per heavy atom. The van der Waals surface area contributed by atoms with Crippen molar-refractivity contribution in [2.75, 3.05) is 0 Å². The molecule has 0 aliphatic heterocycles. The second kappa shape index (κ2) is 8.56. The van der Waals surface area contributed by atoms with Crippen LogP contribution in [0, 0.1) is 11.8 Å². The summed E-state index contributed by atoms with van der Waals surface area (Å²) in [5, 5.41) is 4.66. The van der Waals surface area contributed by atoms with E-state index < -0.39 is 19.7 Å². The number of halogens is 1. The molecule has 2 aromatic heterocycles. The second-order valence-electron chi connectivity index (χ2n) is 8.26. The van der Waals surface area contributed by atoms with Crippen molar-refractivity contribution in [2.45, 2.75) is 39.1 Å². The summed E-state index contributed by atoms with van der Waals surface area (Å²) in [5.74, 6) is 5.47. The number of hydrogen-bond donors (Lipinski definition) is 0. The van der Waals surface area contributed by atoms with E-state index in [1.807, 2.05) is 26.0 Å². The van der Waals surface area contributed by atoms with Crippen LogP contribution in [0.4, 0.5) is 0 Å². The van der Waals surface area contributed by atoms with E-state index in [0.717, 1.165) is 0 Å². The van der Waals surface area contributed by atoms with Crippen molar-refractivity contribution in [1.82, 2.24) is 10.1 Å². The van der Waals surface area contributed by atoms with E-state index in [-0.39, 0.29) is 5.56 Å². The molecule has 7 heteroatoms. The largest absolute Gasteiger partial charge is 0.405 e. The predicted octanol–water partition coefficient (Wildman–Crippen LogP) is 5.71. The highest BCUT2D eigenvalue weighted by Gasteiger charge is 2.38. The van der Waals surface area contributed by atoms with E-state index in [1.165, 1.54) is 0 Å². The van der Waals surface area contributed by atoms with E-state index in [1.54, 1.807) is 36.7 Å². The zero-order chi connectivity index (χ0) is 21.9. The Bertz CT molecular complexity index is 1120. The smallest absolute Gasteiger partial charge is 0.242 e. The molecule has 0 amide bonds. The monoisotopic (exact) mass is 438 g/mol. The van der Waals surface area contributed by atoms with E-state index in [0.29, 0.717) is 27.6 Å². The number of benzene rings is 1. The van der Waals surface area contributed by atoms with Crippen molar-refractivity contribution in [3.8, 4) is 23.1 Å². The lowest BCUT2D eigenvalue weighted by Crippen LogP contribution is -2.37. The molecule has 0 N–H and O–H groups in total. The number of carbonyl (C=O) groups is 1. The summed E-state index contributed by atoms with van der Waals surface area (Å²) in [6, 6.07) is 10.7. The van der Waals surface area contributed by atoms with E-state index >= 15 is 0 Å². The van der Waals surface area contributed by atoms with Crippen LogP contribution in [0.25, 0.3) is 11.3 Å². The zero-order valence-corrected chi connectivity index (χ0v) is 19.4. The first-order valence-corrected chi connectivity index (χ1v) is 13.3. The van der Waals surface area contributed by atoms with Gasteiger partial charge in [0.15, 0.2) is 14.1 Å². The van der Waals surface area contributed by atoms with Crippen molar-refractivity contribution < 1.29 is 13.7 Å². The van der Waals surface area contributed by atoms with Crippen LogP contribution in [0.2, 0.25) is 24.7 Å². The van der Waals surface area contributed by atoms with Gasteiger partial charge in [-0.15, -0.1) is 0 Å². The van der Waals surface area contributed by atoms with E-state index in [4.69, 9.17) is 20.6 Å². The lowest BCUT2D eigenvalue weighted by Gasteiger charge is -2.31. The maximum Gasteiger partial charge on any atom is 0.242 e. The third kappa shape index (κ3) is 5.06. The topological polar surface area (TPSA) is 65.2 Å². The maximum atomic E-state index is 13.2. The highest BCUT2D eigenvalue weighted by Crippen LogP contribution is 2.38. The van der Waals surface area contributed by atoms with Gasteiger partial charge in [0.1, 0.15) is 16.9 Å². The first-order valence-electron chi connectivity index (χ1n) is 9.50. The molecular weight excluding hydrogens is 416 g/mol. The number of carbonyl (C=O) groups excluding carboxylic acids is 1. The fourth-order valence-corrected chi connectivity index (χ4v) is 5.04. The highest BCUT2D eigenvalue weighted by molar-refractivity contribution is 6.69. The minimum atomic E-state index is -1.95. The molecule has 0 unspecified atom stereocenters. The predicted molar refractivity (Wildman–Crippen MR) is 120 cm³/mol. The van der Waals surface area contributed by atoms with Crippen LogP contribution in [0.15, 0.2) is 53.3 Å². The van der Waals surface area contributed by atoms with Gasteiger partial charge in [0.05, 0.1) is 5.02 Å². The van der Waals surface area contributed by atoms with Gasteiger partial charge < -0.3 is 8.95 Å². The number of Topliss-reactive ketones (excluding diaryl/α,β-unsaturated/α-hetero) is 1. The second-order valence-corrected chi connectivity index (χ2v) is 13.1. The zero-order valence-electron chi connectivity index (χ0n) is 17.6. The average Bonchev–Trinajstić information content (AvgIpc) is 3.11. The average molecular weight is 439 g/mol. The molecule has 0 aliphatic carbocycles. The number of aromatic nitrogens is 2. The highest BCUT2D eigenvalue weighted by atomic mass is 35.5. The normalized spacial score (nSPS) is 11.7.